The van der Waals surface area contributed by atoms with Gasteiger partial charge in [-0.25, -0.2) is 0 Å². The summed E-state index contributed by atoms with van der Waals surface area (Å²) in [6.07, 6.45) is 4.54. The maximum atomic E-state index is 11.8. The molecule has 22 heavy (non-hydrogen) atoms. The fraction of sp³-hybridized carbons (Fsp3) is 0.556. The van der Waals surface area contributed by atoms with Gasteiger partial charge in [0.15, 0.2) is 0 Å². The first-order valence-corrected chi connectivity index (χ1v) is 8.00. The zero-order valence-corrected chi connectivity index (χ0v) is 12.9. The van der Waals surface area contributed by atoms with Crippen molar-refractivity contribution in [2.45, 2.75) is 51.2 Å². The van der Waals surface area contributed by atoms with Crippen molar-refractivity contribution in [1.29, 1.82) is 5.26 Å². The summed E-state index contributed by atoms with van der Waals surface area (Å²) >= 11 is 0. The van der Waals surface area contributed by atoms with E-state index in [2.05, 4.69) is 6.07 Å². The van der Waals surface area contributed by atoms with Crippen LogP contribution in [0.1, 0.15) is 44.1 Å². The van der Waals surface area contributed by atoms with E-state index in [1.165, 1.54) is 0 Å². The van der Waals surface area contributed by atoms with Crippen LogP contribution in [0.15, 0.2) is 30.3 Å². The third-order valence-corrected chi connectivity index (χ3v) is 3.93. The average molecular weight is 301 g/mol. The monoisotopic (exact) mass is 301 g/mol. The van der Waals surface area contributed by atoms with Crippen LogP contribution in [-0.4, -0.2) is 18.7 Å². The number of hydrogen-bond acceptors (Lipinski definition) is 4. The minimum atomic E-state index is -0.213. The van der Waals surface area contributed by atoms with Crippen LogP contribution in [0.25, 0.3) is 0 Å². The highest BCUT2D eigenvalue weighted by atomic mass is 16.5. The SMILES string of the molecule is N#C[C@@H]1CCCC[C@H]1OC(=O)CCCOCc1ccccc1. The Kier molecular flexibility index (Phi) is 6.92. The Balaban J connectivity index is 1.58. The lowest BCUT2D eigenvalue weighted by Gasteiger charge is -2.26. The molecular formula is C18H23NO3. The zero-order chi connectivity index (χ0) is 15.6. The van der Waals surface area contributed by atoms with Crippen LogP contribution >= 0.6 is 0 Å². The minimum absolute atomic E-state index is 0.132. The lowest BCUT2D eigenvalue weighted by atomic mass is 9.87. The van der Waals surface area contributed by atoms with Gasteiger partial charge in [-0.05, 0) is 31.2 Å². The number of esters is 1. The molecule has 0 saturated heterocycles. The summed E-state index contributed by atoms with van der Waals surface area (Å²) in [5, 5.41) is 9.07. The van der Waals surface area contributed by atoms with E-state index >= 15 is 0 Å². The number of benzene rings is 1. The largest absolute Gasteiger partial charge is 0.461 e. The summed E-state index contributed by atoms with van der Waals surface area (Å²) in [7, 11) is 0. The Labute approximate surface area is 132 Å². The Morgan fingerprint density at radius 1 is 1.23 bits per heavy atom. The van der Waals surface area contributed by atoms with Crippen molar-refractivity contribution in [3.8, 4) is 6.07 Å². The molecule has 1 fully saturated rings. The molecule has 0 aliphatic heterocycles. The Bertz CT molecular complexity index is 495. The molecule has 0 N–H and O–H groups in total. The normalized spacial score (nSPS) is 21.0. The smallest absolute Gasteiger partial charge is 0.306 e. The highest BCUT2D eigenvalue weighted by molar-refractivity contribution is 5.69. The quantitative estimate of drug-likeness (QED) is 0.570. The average Bonchev–Trinajstić information content (AvgIpc) is 2.56. The standard InChI is InChI=1S/C18H23NO3/c19-13-16-9-4-5-10-17(16)22-18(20)11-6-12-21-14-15-7-2-1-3-8-15/h1-3,7-8,16-17H,4-6,9-12,14H2/t16-,17+/m0/s1. The van der Waals surface area contributed by atoms with Gasteiger partial charge < -0.3 is 9.47 Å². The van der Waals surface area contributed by atoms with Crippen LogP contribution in [0.3, 0.4) is 0 Å². The Hall–Kier alpha value is -1.86. The van der Waals surface area contributed by atoms with E-state index in [0.29, 0.717) is 26.1 Å². The molecule has 0 radical (unpaired) electrons. The summed E-state index contributed by atoms with van der Waals surface area (Å²) in [6, 6.07) is 12.2. The van der Waals surface area contributed by atoms with E-state index in [4.69, 9.17) is 14.7 Å². The van der Waals surface area contributed by atoms with Gasteiger partial charge in [-0.2, -0.15) is 5.26 Å². The zero-order valence-electron chi connectivity index (χ0n) is 12.9. The molecule has 0 bridgehead atoms. The lowest BCUT2D eigenvalue weighted by Crippen LogP contribution is -2.29. The molecule has 1 saturated carbocycles. The van der Waals surface area contributed by atoms with Crippen LogP contribution < -0.4 is 0 Å². The lowest BCUT2D eigenvalue weighted by molar-refractivity contribution is -0.152. The van der Waals surface area contributed by atoms with Crippen molar-refractivity contribution in [1.82, 2.24) is 0 Å². The van der Waals surface area contributed by atoms with Crippen molar-refractivity contribution in [3.63, 3.8) is 0 Å². The van der Waals surface area contributed by atoms with Gasteiger partial charge in [0.05, 0.1) is 18.6 Å². The van der Waals surface area contributed by atoms with E-state index in [9.17, 15) is 4.79 Å². The van der Waals surface area contributed by atoms with Crippen LogP contribution in [0.2, 0.25) is 0 Å². The molecule has 0 aromatic heterocycles. The molecule has 1 aromatic rings. The molecule has 0 heterocycles. The molecule has 2 atom stereocenters. The fourth-order valence-corrected chi connectivity index (χ4v) is 2.70. The Morgan fingerprint density at radius 3 is 2.77 bits per heavy atom. The first-order chi connectivity index (χ1) is 10.8. The van der Waals surface area contributed by atoms with Crippen LogP contribution in [0, 0.1) is 17.2 Å². The highest BCUT2D eigenvalue weighted by Crippen LogP contribution is 2.26. The van der Waals surface area contributed by atoms with Crippen molar-refractivity contribution in [3.05, 3.63) is 35.9 Å². The number of hydrogen-bond donors (Lipinski definition) is 0. The van der Waals surface area contributed by atoms with E-state index in [1.54, 1.807) is 0 Å². The molecular weight excluding hydrogens is 278 g/mol. The molecule has 118 valence electrons. The summed E-state index contributed by atoms with van der Waals surface area (Å²) in [5.41, 5.74) is 1.13. The summed E-state index contributed by atoms with van der Waals surface area (Å²) in [6.45, 7) is 1.10. The van der Waals surface area contributed by atoms with Gasteiger partial charge in [-0.1, -0.05) is 36.8 Å². The summed E-state index contributed by atoms with van der Waals surface area (Å²) < 4.78 is 11.0. The van der Waals surface area contributed by atoms with E-state index in [-0.39, 0.29) is 18.0 Å². The number of nitrogens with zero attached hydrogens (tertiary/aromatic N) is 1. The maximum absolute atomic E-state index is 11.8. The van der Waals surface area contributed by atoms with Crippen LogP contribution in [0.4, 0.5) is 0 Å². The van der Waals surface area contributed by atoms with E-state index in [1.807, 2.05) is 30.3 Å². The number of carbonyl (C=O) groups excluding carboxylic acids is 1. The van der Waals surface area contributed by atoms with Gasteiger partial charge in [-0.15, -0.1) is 0 Å². The molecule has 2 rings (SSSR count). The second-order valence-electron chi connectivity index (χ2n) is 5.69. The third-order valence-electron chi connectivity index (χ3n) is 3.93. The van der Waals surface area contributed by atoms with Crippen molar-refractivity contribution >= 4 is 5.97 Å². The number of rotatable bonds is 7. The maximum Gasteiger partial charge on any atom is 0.306 e. The predicted molar refractivity (Wildman–Crippen MR) is 82.8 cm³/mol. The van der Waals surface area contributed by atoms with Gasteiger partial charge in [0.1, 0.15) is 6.10 Å². The van der Waals surface area contributed by atoms with Crippen molar-refractivity contribution < 1.29 is 14.3 Å². The number of carbonyl (C=O) groups is 1. The summed E-state index contributed by atoms with van der Waals surface area (Å²) in [5.74, 6) is -0.345. The van der Waals surface area contributed by atoms with Crippen molar-refractivity contribution in [2.75, 3.05) is 6.61 Å². The van der Waals surface area contributed by atoms with E-state index in [0.717, 1.165) is 31.2 Å². The molecule has 4 nitrogen and oxygen atoms in total. The molecule has 0 unspecified atom stereocenters. The predicted octanol–water partition coefficient (Wildman–Crippen LogP) is 3.61. The van der Waals surface area contributed by atoms with Crippen LogP contribution in [0.5, 0.6) is 0 Å². The van der Waals surface area contributed by atoms with Crippen molar-refractivity contribution in [2.24, 2.45) is 5.92 Å². The van der Waals surface area contributed by atoms with Gasteiger partial charge >= 0.3 is 5.97 Å². The molecule has 4 heteroatoms. The van der Waals surface area contributed by atoms with Gasteiger partial charge in [0.25, 0.3) is 0 Å². The van der Waals surface area contributed by atoms with Gasteiger partial charge in [0.2, 0.25) is 0 Å². The highest BCUT2D eigenvalue weighted by Gasteiger charge is 2.27. The molecule has 0 spiro atoms. The molecule has 1 aromatic carbocycles. The first kappa shape index (κ1) is 16.5. The fourth-order valence-electron chi connectivity index (χ4n) is 2.70. The number of nitriles is 1. The Morgan fingerprint density at radius 2 is 2.00 bits per heavy atom. The third kappa shape index (κ3) is 5.50. The van der Waals surface area contributed by atoms with E-state index < -0.39 is 0 Å². The van der Waals surface area contributed by atoms with Gasteiger partial charge in [0, 0.05) is 13.0 Å². The van der Waals surface area contributed by atoms with Crippen LogP contribution in [-0.2, 0) is 20.9 Å². The molecule has 1 aliphatic carbocycles. The second kappa shape index (κ2) is 9.22. The molecule has 0 amide bonds. The topological polar surface area (TPSA) is 59.3 Å². The number of ether oxygens (including phenoxy) is 2. The minimum Gasteiger partial charge on any atom is -0.461 e. The molecule has 1 aliphatic rings. The van der Waals surface area contributed by atoms with Gasteiger partial charge in [-0.3, -0.25) is 4.79 Å². The first-order valence-electron chi connectivity index (χ1n) is 8.00. The summed E-state index contributed by atoms with van der Waals surface area (Å²) in [4.78, 5) is 11.8. The second-order valence-corrected chi connectivity index (χ2v) is 5.69.